The Bertz CT molecular complexity index is 323. The molecule has 1 aromatic carbocycles. The molecule has 0 aliphatic carbocycles. The van der Waals surface area contributed by atoms with Crippen molar-refractivity contribution in [1.29, 1.82) is 0 Å². The first-order chi connectivity index (χ1) is 6.09. The summed E-state index contributed by atoms with van der Waals surface area (Å²) < 4.78 is 13.9. The molecule has 0 saturated heterocycles. The lowest BCUT2D eigenvalue weighted by Gasteiger charge is -2.01. The smallest absolute Gasteiger partial charge is 0.130 e. The van der Waals surface area contributed by atoms with Gasteiger partial charge >= 0.3 is 0 Å². The SMILES string of the molecule is CC(=O)CCc1cc(Br)ccc1F. The van der Waals surface area contributed by atoms with E-state index in [0.717, 1.165) is 4.47 Å². The molecule has 0 aromatic heterocycles. The van der Waals surface area contributed by atoms with Crippen LogP contribution in [0.5, 0.6) is 0 Å². The van der Waals surface area contributed by atoms with Gasteiger partial charge in [0.25, 0.3) is 0 Å². The van der Waals surface area contributed by atoms with Gasteiger partial charge in [0.1, 0.15) is 11.6 Å². The second-order valence-electron chi connectivity index (χ2n) is 2.94. The molecular weight excluding hydrogens is 235 g/mol. The van der Waals surface area contributed by atoms with Gasteiger partial charge in [0, 0.05) is 10.9 Å². The third-order valence-corrected chi connectivity index (χ3v) is 2.25. The van der Waals surface area contributed by atoms with Crippen molar-refractivity contribution in [3.63, 3.8) is 0 Å². The molecule has 3 heteroatoms. The van der Waals surface area contributed by atoms with Crippen LogP contribution in [0.3, 0.4) is 0 Å². The highest BCUT2D eigenvalue weighted by Crippen LogP contribution is 2.16. The number of ketones is 1. The van der Waals surface area contributed by atoms with Crippen LogP contribution in [0, 0.1) is 5.82 Å². The highest BCUT2D eigenvalue weighted by atomic mass is 79.9. The molecule has 13 heavy (non-hydrogen) atoms. The normalized spacial score (nSPS) is 10.1. The summed E-state index contributed by atoms with van der Waals surface area (Å²) in [6, 6.07) is 4.75. The van der Waals surface area contributed by atoms with E-state index >= 15 is 0 Å². The maximum Gasteiger partial charge on any atom is 0.130 e. The van der Waals surface area contributed by atoms with E-state index < -0.39 is 0 Å². The number of hydrogen-bond acceptors (Lipinski definition) is 1. The fourth-order valence-electron chi connectivity index (χ4n) is 1.05. The van der Waals surface area contributed by atoms with E-state index in [-0.39, 0.29) is 11.6 Å². The lowest BCUT2D eigenvalue weighted by atomic mass is 10.1. The second kappa shape index (κ2) is 4.51. The van der Waals surface area contributed by atoms with Crippen molar-refractivity contribution in [2.75, 3.05) is 0 Å². The van der Waals surface area contributed by atoms with Gasteiger partial charge < -0.3 is 4.79 Å². The molecular formula is C10H10BrFO. The number of hydrogen-bond donors (Lipinski definition) is 0. The van der Waals surface area contributed by atoms with E-state index in [9.17, 15) is 9.18 Å². The standard InChI is InChI=1S/C10H10BrFO/c1-7(13)2-3-8-6-9(11)4-5-10(8)12/h4-6H,2-3H2,1H3. The van der Waals surface area contributed by atoms with Crippen molar-refractivity contribution in [1.82, 2.24) is 0 Å². The van der Waals surface area contributed by atoms with E-state index in [1.807, 2.05) is 0 Å². The molecule has 0 amide bonds. The van der Waals surface area contributed by atoms with Crippen LogP contribution in [0.2, 0.25) is 0 Å². The van der Waals surface area contributed by atoms with E-state index in [2.05, 4.69) is 15.9 Å². The average molecular weight is 245 g/mol. The molecule has 0 spiro atoms. The van der Waals surface area contributed by atoms with E-state index in [1.54, 1.807) is 12.1 Å². The van der Waals surface area contributed by atoms with Crippen LogP contribution in [0.15, 0.2) is 22.7 Å². The summed E-state index contributed by atoms with van der Waals surface area (Å²) in [7, 11) is 0. The van der Waals surface area contributed by atoms with Crippen LogP contribution in [0.4, 0.5) is 4.39 Å². The number of halogens is 2. The molecule has 1 nitrogen and oxygen atoms in total. The highest BCUT2D eigenvalue weighted by molar-refractivity contribution is 9.10. The number of benzene rings is 1. The second-order valence-corrected chi connectivity index (χ2v) is 3.85. The molecule has 0 heterocycles. The predicted octanol–water partition coefficient (Wildman–Crippen LogP) is 3.11. The van der Waals surface area contributed by atoms with Crippen molar-refractivity contribution in [2.24, 2.45) is 0 Å². The largest absolute Gasteiger partial charge is 0.300 e. The molecule has 1 rings (SSSR count). The van der Waals surface area contributed by atoms with E-state index in [0.29, 0.717) is 18.4 Å². The number of Topliss-reactive ketones (excluding diaryl/α,β-unsaturated/α-hetero) is 1. The minimum Gasteiger partial charge on any atom is -0.300 e. The first kappa shape index (κ1) is 10.4. The Kier molecular flexibility index (Phi) is 3.60. The summed E-state index contributed by atoms with van der Waals surface area (Å²) in [5, 5.41) is 0. The third-order valence-electron chi connectivity index (χ3n) is 1.75. The molecule has 0 N–H and O–H groups in total. The maximum atomic E-state index is 13.1. The summed E-state index contributed by atoms with van der Waals surface area (Å²) in [5.41, 5.74) is 0.588. The fourth-order valence-corrected chi connectivity index (χ4v) is 1.45. The van der Waals surface area contributed by atoms with E-state index in [1.165, 1.54) is 13.0 Å². The molecule has 70 valence electrons. The van der Waals surface area contributed by atoms with Crippen molar-refractivity contribution in [2.45, 2.75) is 19.8 Å². The monoisotopic (exact) mass is 244 g/mol. The zero-order chi connectivity index (χ0) is 9.84. The van der Waals surface area contributed by atoms with Crippen LogP contribution >= 0.6 is 15.9 Å². The van der Waals surface area contributed by atoms with Crippen LogP contribution in [-0.2, 0) is 11.2 Å². The minimum atomic E-state index is -0.246. The summed E-state index contributed by atoms with van der Waals surface area (Å²) in [6.45, 7) is 1.51. The Morgan fingerprint density at radius 2 is 2.23 bits per heavy atom. The number of aryl methyl sites for hydroxylation is 1. The number of rotatable bonds is 3. The van der Waals surface area contributed by atoms with Gasteiger partial charge in [-0.15, -0.1) is 0 Å². The summed E-state index contributed by atoms with van der Waals surface area (Å²) in [5.74, 6) is -0.163. The minimum absolute atomic E-state index is 0.0828. The first-order valence-electron chi connectivity index (χ1n) is 4.03. The molecule has 0 radical (unpaired) electrons. The topological polar surface area (TPSA) is 17.1 Å². The van der Waals surface area contributed by atoms with Gasteiger partial charge in [0.05, 0.1) is 0 Å². The third kappa shape index (κ3) is 3.27. The van der Waals surface area contributed by atoms with Gasteiger partial charge in [0.15, 0.2) is 0 Å². The highest BCUT2D eigenvalue weighted by Gasteiger charge is 2.03. The van der Waals surface area contributed by atoms with Crippen LogP contribution in [-0.4, -0.2) is 5.78 Å². The molecule has 0 atom stereocenters. The van der Waals surface area contributed by atoms with Crippen LogP contribution in [0.1, 0.15) is 18.9 Å². The zero-order valence-corrected chi connectivity index (χ0v) is 8.90. The first-order valence-corrected chi connectivity index (χ1v) is 4.82. The number of carbonyl (C=O) groups excluding carboxylic acids is 1. The lowest BCUT2D eigenvalue weighted by Crippen LogP contribution is -1.96. The van der Waals surface area contributed by atoms with Crippen molar-refractivity contribution >= 4 is 21.7 Å². The average Bonchev–Trinajstić information content (AvgIpc) is 2.06. The van der Waals surface area contributed by atoms with Crippen molar-refractivity contribution in [3.8, 4) is 0 Å². The van der Waals surface area contributed by atoms with E-state index in [4.69, 9.17) is 0 Å². The van der Waals surface area contributed by atoms with Gasteiger partial charge in [-0.2, -0.15) is 0 Å². The Balaban J connectivity index is 2.75. The summed E-state index contributed by atoms with van der Waals surface area (Å²) in [4.78, 5) is 10.7. The molecule has 0 saturated carbocycles. The van der Waals surface area contributed by atoms with Gasteiger partial charge in [0.2, 0.25) is 0 Å². The van der Waals surface area contributed by atoms with Gasteiger partial charge in [-0.05, 0) is 37.1 Å². The molecule has 0 unspecified atom stereocenters. The zero-order valence-electron chi connectivity index (χ0n) is 7.31. The van der Waals surface area contributed by atoms with Gasteiger partial charge in [-0.3, -0.25) is 0 Å². The quantitative estimate of drug-likeness (QED) is 0.799. The number of carbonyl (C=O) groups is 1. The Morgan fingerprint density at radius 1 is 1.54 bits per heavy atom. The molecule has 0 aliphatic heterocycles. The van der Waals surface area contributed by atoms with Crippen LogP contribution in [0.25, 0.3) is 0 Å². The van der Waals surface area contributed by atoms with Gasteiger partial charge in [-0.1, -0.05) is 15.9 Å². The fraction of sp³-hybridized carbons (Fsp3) is 0.300. The molecule has 0 bridgehead atoms. The maximum absolute atomic E-state index is 13.1. The molecule has 0 aliphatic rings. The molecule has 0 fully saturated rings. The summed E-state index contributed by atoms with van der Waals surface area (Å²) in [6.07, 6.45) is 0.869. The van der Waals surface area contributed by atoms with Crippen molar-refractivity contribution in [3.05, 3.63) is 34.1 Å². The lowest BCUT2D eigenvalue weighted by molar-refractivity contribution is -0.116. The Labute approximate surface area is 85.1 Å². The van der Waals surface area contributed by atoms with Crippen molar-refractivity contribution < 1.29 is 9.18 Å². The summed E-state index contributed by atoms with van der Waals surface area (Å²) >= 11 is 3.25. The Morgan fingerprint density at radius 3 is 2.85 bits per heavy atom. The van der Waals surface area contributed by atoms with Gasteiger partial charge in [-0.25, -0.2) is 4.39 Å². The van der Waals surface area contributed by atoms with Crippen LogP contribution < -0.4 is 0 Å². The Hall–Kier alpha value is -0.700. The predicted molar refractivity (Wildman–Crippen MR) is 53.1 cm³/mol. The molecule has 1 aromatic rings.